The molecule has 1 amide bonds. The van der Waals surface area contributed by atoms with Gasteiger partial charge in [-0.25, -0.2) is 4.79 Å². The van der Waals surface area contributed by atoms with Crippen molar-refractivity contribution >= 4 is 16.9 Å². The summed E-state index contributed by atoms with van der Waals surface area (Å²) in [5.74, 6) is -0.866. The van der Waals surface area contributed by atoms with Crippen molar-refractivity contribution in [2.24, 2.45) is 0 Å². The molecule has 0 radical (unpaired) electrons. The van der Waals surface area contributed by atoms with Gasteiger partial charge in [0.1, 0.15) is 35.7 Å². The van der Waals surface area contributed by atoms with Crippen LogP contribution in [-0.4, -0.2) is 54.1 Å². The zero-order valence-corrected chi connectivity index (χ0v) is 17.2. The minimum atomic E-state index is -1.08. The average Bonchev–Trinajstić information content (AvgIpc) is 2.64. The maximum Gasteiger partial charge on any atom is 0.336 e. The third-order valence-corrected chi connectivity index (χ3v) is 5.23. The highest BCUT2D eigenvalue weighted by molar-refractivity contribution is 5.81. The number of benzene rings is 1. The molecule has 2 N–H and O–H groups in total. The smallest absolute Gasteiger partial charge is 0.336 e. The van der Waals surface area contributed by atoms with Gasteiger partial charge in [0.2, 0.25) is 12.2 Å². The molecular weight excluding hydrogens is 394 g/mol. The number of amides is 1. The quantitative estimate of drug-likeness (QED) is 0.714. The van der Waals surface area contributed by atoms with Gasteiger partial charge in [0, 0.05) is 24.4 Å². The van der Waals surface area contributed by atoms with Crippen molar-refractivity contribution in [3.63, 3.8) is 0 Å². The predicted molar refractivity (Wildman–Crippen MR) is 105 cm³/mol. The van der Waals surface area contributed by atoms with E-state index in [-0.39, 0.29) is 12.5 Å². The molecule has 162 valence electrons. The highest BCUT2D eigenvalue weighted by Crippen LogP contribution is 2.34. The number of fused-ring (bicyclic) bond motifs is 2. The van der Waals surface area contributed by atoms with Crippen molar-refractivity contribution in [2.45, 2.75) is 64.1 Å². The molecule has 2 saturated heterocycles. The summed E-state index contributed by atoms with van der Waals surface area (Å²) >= 11 is 0. The monoisotopic (exact) mass is 419 g/mol. The molecule has 2 aromatic rings. The van der Waals surface area contributed by atoms with Crippen LogP contribution in [0.5, 0.6) is 5.75 Å². The summed E-state index contributed by atoms with van der Waals surface area (Å²) in [6, 6.07) is 5.60. The number of nitrogens with one attached hydrogen (secondary N) is 1. The fourth-order valence-corrected chi connectivity index (χ4v) is 3.85. The van der Waals surface area contributed by atoms with Gasteiger partial charge in [0.15, 0.2) is 5.79 Å². The van der Waals surface area contributed by atoms with Crippen molar-refractivity contribution in [3.05, 3.63) is 40.2 Å². The van der Waals surface area contributed by atoms with E-state index in [0.717, 1.165) is 10.9 Å². The number of hydrogen-bond acceptors (Lipinski definition) is 8. The Morgan fingerprint density at radius 3 is 2.80 bits per heavy atom. The van der Waals surface area contributed by atoms with E-state index < -0.39 is 42.1 Å². The molecular formula is C21H25NO8. The van der Waals surface area contributed by atoms with Gasteiger partial charge in [-0.1, -0.05) is 0 Å². The predicted octanol–water partition coefficient (Wildman–Crippen LogP) is 1.22. The summed E-state index contributed by atoms with van der Waals surface area (Å²) < 4.78 is 28.7. The Balaban J connectivity index is 1.62. The Labute approximate surface area is 172 Å². The van der Waals surface area contributed by atoms with E-state index in [9.17, 15) is 14.7 Å². The number of carbonyl (C=O) groups is 1. The van der Waals surface area contributed by atoms with Crippen LogP contribution in [-0.2, 0) is 19.0 Å². The topological polar surface area (TPSA) is 116 Å². The molecule has 0 saturated carbocycles. The number of carbonyl (C=O) groups excluding carboxylic acids is 1. The van der Waals surface area contributed by atoms with Crippen molar-refractivity contribution in [1.29, 1.82) is 0 Å². The van der Waals surface area contributed by atoms with Crippen LogP contribution in [0.2, 0.25) is 0 Å². The number of aliphatic hydroxyl groups is 1. The lowest BCUT2D eigenvalue weighted by molar-refractivity contribution is -0.361. The lowest BCUT2D eigenvalue weighted by Crippen LogP contribution is -2.69. The van der Waals surface area contributed by atoms with Crippen LogP contribution in [0.25, 0.3) is 11.0 Å². The van der Waals surface area contributed by atoms with Crippen LogP contribution in [0.15, 0.2) is 33.5 Å². The van der Waals surface area contributed by atoms with E-state index in [4.69, 9.17) is 23.4 Å². The first-order valence-corrected chi connectivity index (χ1v) is 9.76. The first-order valence-electron chi connectivity index (χ1n) is 9.76. The van der Waals surface area contributed by atoms with Gasteiger partial charge in [0.05, 0.1) is 6.61 Å². The Kier molecular flexibility index (Phi) is 5.31. The van der Waals surface area contributed by atoms with Gasteiger partial charge < -0.3 is 33.8 Å². The molecule has 5 atom stereocenters. The Morgan fingerprint density at radius 2 is 2.07 bits per heavy atom. The van der Waals surface area contributed by atoms with Crippen LogP contribution in [0.3, 0.4) is 0 Å². The maximum atomic E-state index is 11.7. The summed E-state index contributed by atoms with van der Waals surface area (Å²) in [5.41, 5.74) is 0.698. The van der Waals surface area contributed by atoms with Crippen molar-refractivity contribution in [1.82, 2.24) is 5.32 Å². The minimum absolute atomic E-state index is 0.202. The number of hydrogen-bond donors (Lipinski definition) is 2. The number of rotatable bonds is 3. The second kappa shape index (κ2) is 7.66. The molecule has 4 rings (SSSR count). The van der Waals surface area contributed by atoms with E-state index in [2.05, 4.69) is 5.32 Å². The van der Waals surface area contributed by atoms with Crippen molar-refractivity contribution in [3.8, 4) is 5.75 Å². The largest absolute Gasteiger partial charge is 0.462 e. The lowest BCUT2D eigenvalue weighted by atomic mass is 9.95. The fraction of sp³-hybridized carbons (Fsp3) is 0.524. The summed E-state index contributed by atoms with van der Waals surface area (Å²) in [6.45, 7) is 6.86. The molecule has 9 heteroatoms. The van der Waals surface area contributed by atoms with Crippen LogP contribution >= 0.6 is 0 Å². The van der Waals surface area contributed by atoms with E-state index in [1.54, 1.807) is 32.0 Å². The molecule has 2 aliphatic rings. The highest BCUT2D eigenvalue weighted by atomic mass is 16.8. The summed E-state index contributed by atoms with van der Waals surface area (Å²) in [5, 5.41) is 14.4. The maximum absolute atomic E-state index is 11.7. The van der Waals surface area contributed by atoms with E-state index in [0.29, 0.717) is 11.3 Å². The van der Waals surface area contributed by atoms with Crippen LogP contribution in [0.4, 0.5) is 0 Å². The Hall–Kier alpha value is -2.46. The minimum Gasteiger partial charge on any atom is -0.462 e. The second-order valence-electron chi connectivity index (χ2n) is 8.08. The van der Waals surface area contributed by atoms with Crippen LogP contribution < -0.4 is 15.7 Å². The first-order chi connectivity index (χ1) is 14.1. The molecule has 3 heterocycles. The molecule has 2 aliphatic heterocycles. The fourth-order valence-electron chi connectivity index (χ4n) is 3.85. The third kappa shape index (κ3) is 4.06. The average molecular weight is 419 g/mol. The van der Waals surface area contributed by atoms with Crippen LogP contribution in [0, 0.1) is 6.92 Å². The summed E-state index contributed by atoms with van der Waals surface area (Å²) in [6.07, 6.45) is -3.36. The van der Waals surface area contributed by atoms with E-state index in [1.807, 2.05) is 6.92 Å². The third-order valence-electron chi connectivity index (χ3n) is 5.23. The van der Waals surface area contributed by atoms with Gasteiger partial charge in [0.25, 0.3) is 0 Å². The number of aliphatic hydroxyl groups excluding tert-OH is 1. The lowest BCUT2D eigenvalue weighted by Gasteiger charge is -2.49. The first kappa shape index (κ1) is 20.8. The highest BCUT2D eigenvalue weighted by Gasteiger charge is 2.52. The van der Waals surface area contributed by atoms with Gasteiger partial charge in [-0.15, -0.1) is 0 Å². The Bertz CT molecular complexity index is 1020. The van der Waals surface area contributed by atoms with Crippen molar-refractivity contribution < 1.29 is 33.3 Å². The van der Waals surface area contributed by atoms with Gasteiger partial charge in [-0.3, -0.25) is 4.79 Å². The zero-order chi connectivity index (χ0) is 21.6. The molecule has 1 aromatic carbocycles. The van der Waals surface area contributed by atoms with Gasteiger partial charge in [-0.05, 0) is 38.5 Å². The van der Waals surface area contributed by atoms with Crippen LogP contribution in [0.1, 0.15) is 26.3 Å². The van der Waals surface area contributed by atoms with Gasteiger partial charge in [-0.2, -0.15) is 0 Å². The SMILES string of the molecule is CC(=O)N[C@@H]1[C@@H](Oc2ccc3c(C)cc(=O)oc3c2)O[C@H]2COC(C)(C)O[C@H]2[C@@H]1O. The molecule has 0 aliphatic carbocycles. The molecule has 0 spiro atoms. The molecule has 9 nitrogen and oxygen atoms in total. The standard InChI is InChI=1S/C21H25NO8/c1-10-7-16(24)28-14-8-12(5-6-13(10)14)27-20-17(22-11(2)23)18(25)19-15(29-20)9-26-21(3,4)30-19/h5-8,15,17-20,25H,9H2,1-4H3,(H,22,23)/t15-,17-,18+,19+,20-/m0/s1. The molecule has 0 bridgehead atoms. The summed E-state index contributed by atoms with van der Waals surface area (Å²) in [7, 11) is 0. The summed E-state index contributed by atoms with van der Waals surface area (Å²) in [4.78, 5) is 23.4. The second-order valence-corrected chi connectivity index (χ2v) is 8.08. The molecule has 2 fully saturated rings. The molecule has 1 aromatic heterocycles. The molecule has 0 unspecified atom stereocenters. The van der Waals surface area contributed by atoms with Crippen molar-refractivity contribution in [2.75, 3.05) is 6.61 Å². The van der Waals surface area contributed by atoms with Gasteiger partial charge >= 0.3 is 5.63 Å². The Morgan fingerprint density at radius 1 is 1.30 bits per heavy atom. The molecule has 30 heavy (non-hydrogen) atoms. The zero-order valence-electron chi connectivity index (χ0n) is 17.2. The van der Waals surface area contributed by atoms with E-state index in [1.165, 1.54) is 13.0 Å². The number of aryl methyl sites for hydroxylation is 1. The van der Waals surface area contributed by atoms with E-state index >= 15 is 0 Å². The normalized spacial score (nSPS) is 30.5. The number of ether oxygens (including phenoxy) is 4.